The van der Waals surface area contributed by atoms with Crippen LogP contribution in [0.5, 0.6) is 5.75 Å². The number of ether oxygens (including phenoxy) is 1. The summed E-state index contributed by atoms with van der Waals surface area (Å²) in [7, 11) is 1.55. The summed E-state index contributed by atoms with van der Waals surface area (Å²) in [6.07, 6.45) is 0. The summed E-state index contributed by atoms with van der Waals surface area (Å²) in [4.78, 5) is 27.8. The fourth-order valence-corrected chi connectivity index (χ4v) is 3.38. The molecular weight excluding hydrogens is 383 g/mol. The minimum Gasteiger partial charge on any atom is -0.497 e. The van der Waals surface area contributed by atoms with Gasteiger partial charge in [0.15, 0.2) is 0 Å². The van der Waals surface area contributed by atoms with Crippen LogP contribution in [0, 0.1) is 12.7 Å². The summed E-state index contributed by atoms with van der Waals surface area (Å²) in [5, 5.41) is 3.07. The Bertz CT molecular complexity index is 1170. The number of anilines is 2. The number of halogens is 1. The number of carbonyl (C=O) groups is 2. The van der Waals surface area contributed by atoms with Crippen LogP contribution in [0.3, 0.4) is 0 Å². The molecule has 1 heterocycles. The first-order valence-corrected chi connectivity index (χ1v) is 9.34. The van der Waals surface area contributed by atoms with Crippen molar-refractivity contribution in [3.63, 3.8) is 0 Å². The molecule has 0 radical (unpaired) electrons. The number of aryl methyl sites for hydroxylation is 1. The van der Waals surface area contributed by atoms with Gasteiger partial charge in [0.25, 0.3) is 11.8 Å². The van der Waals surface area contributed by atoms with E-state index in [9.17, 15) is 14.0 Å². The zero-order chi connectivity index (χ0) is 21.3. The van der Waals surface area contributed by atoms with Crippen molar-refractivity contribution in [1.29, 1.82) is 0 Å². The summed E-state index contributed by atoms with van der Waals surface area (Å²) in [6.45, 7) is 1.89. The monoisotopic (exact) mass is 402 g/mol. The fraction of sp³-hybridized carbons (Fsp3) is 0.0833. The predicted octanol–water partition coefficient (Wildman–Crippen LogP) is 4.54. The lowest BCUT2D eigenvalue weighted by atomic mass is 10.0. The predicted molar refractivity (Wildman–Crippen MR) is 114 cm³/mol. The van der Waals surface area contributed by atoms with Crippen LogP contribution >= 0.6 is 0 Å². The van der Waals surface area contributed by atoms with E-state index in [1.54, 1.807) is 49.6 Å². The Kier molecular flexibility index (Phi) is 5.06. The number of benzene rings is 3. The average Bonchev–Trinajstić information content (AvgIpc) is 2.98. The van der Waals surface area contributed by atoms with Gasteiger partial charge in [-0.15, -0.1) is 0 Å². The van der Waals surface area contributed by atoms with Crippen molar-refractivity contribution in [3.8, 4) is 5.75 Å². The van der Waals surface area contributed by atoms with Gasteiger partial charge in [0.05, 0.1) is 18.4 Å². The average molecular weight is 402 g/mol. The molecule has 0 spiro atoms. The molecule has 0 aliphatic carbocycles. The second-order valence-corrected chi connectivity index (χ2v) is 6.90. The summed E-state index contributed by atoms with van der Waals surface area (Å²) in [6, 6.07) is 19.7. The highest BCUT2D eigenvalue weighted by Crippen LogP contribution is 2.34. The van der Waals surface area contributed by atoms with Crippen molar-refractivity contribution in [2.45, 2.75) is 6.92 Å². The highest BCUT2D eigenvalue weighted by atomic mass is 19.1. The third-order valence-corrected chi connectivity index (χ3v) is 4.82. The third-order valence-electron chi connectivity index (χ3n) is 4.82. The molecule has 3 aromatic carbocycles. The highest BCUT2D eigenvalue weighted by molar-refractivity contribution is 6.46. The number of imide groups is 1. The molecule has 0 saturated heterocycles. The molecule has 0 aromatic heterocycles. The molecule has 150 valence electrons. The van der Waals surface area contributed by atoms with Crippen LogP contribution in [0.15, 0.2) is 78.5 Å². The molecule has 0 atom stereocenters. The Hall–Kier alpha value is -3.93. The van der Waals surface area contributed by atoms with Gasteiger partial charge < -0.3 is 10.1 Å². The first-order valence-electron chi connectivity index (χ1n) is 9.34. The molecule has 0 unspecified atom stereocenters. The van der Waals surface area contributed by atoms with Crippen molar-refractivity contribution in [1.82, 2.24) is 0 Å². The van der Waals surface area contributed by atoms with Crippen molar-refractivity contribution in [2.75, 3.05) is 17.3 Å². The van der Waals surface area contributed by atoms with Gasteiger partial charge in [-0.25, -0.2) is 9.29 Å². The number of carbonyl (C=O) groups excluding carboxylic acids is 2. The van der Waals surface area contributed by atoms with Crippen molar-refractivity contribution >= 4 is 28.8 Å². The quantitative estimate of drug-likeness (QED) is 0.637. The van der Waals surface area contributed by atoms with Gasteiger partial charge in [0.1, 0.15) is 17.3 Å². The SMILES string of the molecule is COc1cccc(NC2=C(c3ccc(F)cc3)C(=O)N(c3cccc(C)c3)C2=O)c1. The molecule has 30 heavy (non-hydrogen) atoms. The van der Waals surface area contributed by atoms with E-state index in [-0.39, 0.29) is 11.3 Å². The van der Waals surface area contributed by atoms with E-state index < -0.39 is 17.6 Å². The lowest BCUT2D eigenvalue weighted by molar-refractivity contribution is -0.120. The van der Waals surface area contributed by atoms with Crippen molar-refractivity contribution in [2.24, 2.45) is 0 Å². The smallest absolute Gasteiger partial charge is 0.282 e. The maximum atomic E-state index is 13.5. The molecule has 3 aromatic rings. The van der Waals surface area contributed by atoms with Gasteiger partial charge in [-0.1, -0.05) is 30.3 Å². The highest BCUT2D eigenvalue weighted by Gasteiger charge is 2.40. The van der Waals surface area contributed by atoms with Crippen molar-refractivity contribution < 1.29 is 18.7 Å². The summed E-state index contributed by atoms with van der Waals surface area (Å²) >= 11 is 0. The van der Waals surface area contributed by atoms with E-state index in [0.29, 0.717) is 22.7 Å². The molecule has 1 aliphatic heterocycles. The van der Waals surface area contributed by atoms with Gasteiger partial charge in [-0.2, -0.15) is 0 Å². The zero-order valence-electron chi connectivity index (χ0n) is 16.5. The molecule has 5 nitrogen and oxygen atoms in total. The lowest BCUT2D eigenvalue weighted by Gasteiger charge is -2.16. The Balaban J connectivity index is 1.82. The van der Waals surface area contributed by atoms with E-state index in [2.05, 4.69) is 5.32 Å². The number of nitrogens with one attached hydrogen (secondary N) is 1. The number of hydrogen-bond acceptors (Lipinski definition) is 4. The zero-order valence-corrected chi connectivity index (χ0v) is 16.5. The van der Waals surface area contributed by atoms with Gasteiger partial charge in [-0.3, -0.25) is 9.59 Å². The van der Waals surface area contributed by atoms with Crippen LogP contribution in [0.1, 0.15) is 11.1 Å². The Morgan fingerprint density at radius 2 is 1.63 bits per heavy atom. The van der Waals surface area contributed by atoms with Gasteiger partial charge in [0, 0.05) is 11.8 Å². The van der Waals surface area contributed by atoms with Crippen molar-refractivity contribution in [3.05, 3.63) is 95.4 Å². The molecule has 2 amide bonds. The Morgan fingerprint density at radius 3 is 2.33 bits per heavy atom. The topological polar surface area (TPSA) is 58.6 Å². The van der Waals surface area contributed by atoms with Crippen LogP contribution in [-0.2, 0) is 9.59 Å². The summed E-state index contributed by atoms with van der Waals surface area (Å²) in [5.41, 5.74) is 2.76. The number of rotatable bonds is 5. The maximum absolute atomic E-state index is 13.5. The van der Waals surface area contributed by atoms with E-state index in [1.165, 1.54) is 24.3 Å². The molecule has 0 bridgehead atoms. The summed E-state index contributed by atoms with van der Waals surface area (Å²) in [5.74, 6) is -0.763. The van der Waals surface area contributed by atoms with E-state index in [1.807, 2.05) is 13.0 Å². The molecule has 1 aliphatic rings. The Morgan fingerprint density at radius 1 is 0.900 bits per heavy atom. The lowest BCUT2D eigenvalue weighted by Crippen LogP contribution is -2.32. The number of methoxy groups -OCH3 is 1. The number of hydrogen-bond donors (Lipinski definition) is 1. The Labute approximate surface area is 173 Å². The van der Waals surface area contributed by atoms with E-state index >= 15 is 0 Å². The van der Waals surface area contributed by atoms with E-state index in [0.717, 1.165) is 10.5 Å². The molecule has 0 fully saturated rings. The fourth-order valence-electron chi connectivity index (χ4n) is 3.38. The molecular formula is C24H19FN2O3. The van der Waals surface area contributed by atoms with Gasteiger partial charge >= 0.3 is 0 Å². The largest absolute Gasteiger partial charge is 0.497 e. The van der Waals surface area contributed by atoms with Crippen LogP contribution < -0.4 is 15.0 Å². The molecule has 4 rings (SSSR count). The van der Waals surface area contributed by atoms with Gasteiger partial charge in [0.2, 0.25) is 0 Å². The number of amides is 2. The second kappa shape index (κ2) is 7.83. The van der Waals surface area contributed by atoms with Crippen LogP contribution in [-0.4, -0.2) is 18.9 Å². The minimum atomic E-state index is -0.479. The van der Waals surface area contributed by atoms with Crippen LogP contribution in [0.2, 0.25) is 0 Å². The minimum absolute atomic E-state index is 0.126. The standard InChI is InChI=1S/C24H19FN2O3/c1-15-5-3-7-19(13-15)27-23(28)21(16-9-11-17(25)12-10-16)22(24(27)29)26-18-6-4-8-20(14-18)30-2/h3-14,26H,1-2H3. The molecule has 1 N–H and O–H groups in total. The normalized spacial score (nSPS) is 13.8. The second-order valence-electron chi connectivity index (χ2n) is 6.90. The number of nitrogens with zero attached hydrogens (tertiary/aromatic N) is 1. The van der Waals surface area contributed by atoms with Crippen LogP contribution in [0.4, 0.5) is 15.8 Å². The van der Waals surface area contributed by atoms with Gasteiger partial charge in [-0.05, 0) is 54.4 Å². The molecule has 0 saturated carbocycles. The third kappa shape index (κ3) is 3.55. The summed E-state index contributed by atoms with van der Waals surface area (Å²) < 4.78 is 18.7. The molecule has 6 heteroatoms. The first-order chi connectivity index (χ1) is 14.5. The van der Waals surface area contributed by atoms with Crippen LogP contribution in [0.25, 0.3) is 5.57 Å². The first kappa shape index (κ1) is 19.4. The maximum Gasteiger partial charge on any atom is 0.282 e. The van der Waals surface area contributed by atoms with E-state index in [4.69, 9.17) is 4.74 Å².